The Kier molecular flexibility index (Phi) is 7.61. The molecule has 116 valence electrons. The van der Waals surface area contributed by atoms with E-state index in [1.54, 1.807) is 24.3 Å². The summed E-state index contributed by atoms with van der Waals surface area (Å²) in [4.78, 5) is 22.6. The summed E-state index contributed by atoms with van der Waals surface area (Å²) in [6, 6.07) is 7.02. The number of carboxylic acid groups (broad SMARTS) is 1. The maximum Gasteiger partial charge on any atom is 0.308 e. The Morgan fingerprint density at radius 3 is 2.71 bits per heavy atom. The second-order valence-electron chi connectivity index (χ2n) is 4.66. The maximum atomic E-state index is 11.6. The van der Waals surface area contributed by atoms with Crippen LogP contribution in [-0.2, 0) is 9.59 Å². The lowest BCUT2D eigenvalue weighted by molar-refractivity contribution is -0.141. The first-order valence-corrected chi connectivity index (χ1v) is 7.29. The van der Waals surface area contributed by atoms with Crippen LogP contribution < -0.4 is 10.1 Å². The highest BCUT2D eigenvalue weighted by molar-refractivity contribution is 6.32. The van der Waals surface area contributed by atoms with Crippen LogP contribution in [0.3, 0.4) is 0 Å². The third-order valence-electron chi connectivity index (χ3n) is 2.96. The van der Waals surface area contributed by atoms with Crippen molar-refractivity contribution in [2.24, 2.45) is 5.92 Å². The van der Waals surface area contributed by atoms with Gasteiger partial charge >= 0.3 is 5.97 Å². The van der Waals surface area contributed by atoms with E-state index in [0.29, 0.717) is 17.2 Å². The Balaban J connectivity index is 2.28. The van der Waals surface area contributed by atoms with Gasteiger partial charge in [-0.25, -0.2) is 0 Å². The molecule has 0 aliphatic heterocycles. The number of benzene rings is 1. The minimum Gasteiger partial charge on any atom is -0.491 e. The molecule has 0 radical (unpaired) electrons. The lowest BCUT2D eigenvalue weighted by Gasteiger charge is -2.12. The summed E-state index contributed by atoms with van der Waals surface area (Å²) in [6.07, 6.45) is 1.47. The molecule has 6 heteroatoms. The minimum absolute atomic E-state index is 0.147. The first-order chi connectivity index (χ1) is 10.0. The van der Waals surface area contributed by atoms with Gasteiger partial charge in [-0.3, -0.25) is 9.59 Å². The predicted molar refractivity (Wildman–Crippen MR) is 80.6 cm³/mol. The summed E-state index contributed by atoms with van der Waals surface area (Å²) in [6.45, 7) is 2.25. The van der Waals surface area contributed by atoms with Gasteiger partial charge in [-0.2, -0.15) is 0 Å². The highest BCUT2D eigenvalue weighted by Gasteiger charge is 2.17. The van der Waals surface area contributed by atoms with Gasteiger partial charge in [-0.15, -0.1) is 0 Å². The fraction of sp³-hybridized carbons (Fsp3) is 0.467. The molecule has 21 heavy (non-hydrogen) atoms. The van der Waals surface area contributed by atoms with Crippen molar-refractivity contribution in [1.82, 2.24) is 5.32 Å². The zero-order valence-electron chi connectivity index (χ0n) is 12.0. The number of ether oxygens (including phenoxy) is 1. The van der Waals surface area contributed by atoms with Crippen molar-refractivity contribution >= 4 is 23.5 Å². The molecule has 1 aromatic rings. The van der Waals surface area contributed by atoms with Crippen LogP contribution in [0.1, 0.15) is 26.2 Å². The van der Waals surface area contributed by atoms with Crippen molar-refractivity contribution in [1.29, 1.82) is 0 Å². The average Bonchev–Trinajstić information content (AvgIpc) is 2.45. The van der Waals surface area contributed by atoms with Crippen LogP contribution in [0.5, 0.6) is 5.75 Å². The summed E-state index contributed by atoms with van der Waals surface area (Å²) < 4.78 is 5.40. The second kappa shape index (κ2) is 9.23. The lowest BCUT2D eigenvalue weighted by Crippen LogP contribution is -2.33. The number of carbonyl (C=O) groups is 2. The van der Waals surface area contributed by atoms with E-state index in [4.69, 9.17) is 21.4 Å². The molecule has 1 amide bonds. The Hall–Kier alpha value is -1.75. The summed E-state index contributed by atoms with van der Waals surface area (Å²) in [5, 5.41) is 12.1. The number of aliphatic carboxylic acids is 1. The number of hydrogen-bond donors (Lipinski definition) is 2. The van der Waals surface area contributed by atoms with E-state index in [2.05, 4.69) is 5.32 Å². The van der Waals surface area contributed by atoms with E-state index in [0.717, 1.165) is 6.42 Å². The van der Waals surface area contributed by atoms with Gasteiger partial charge in [0, 0.05) is 6.54 Å². The number of carbonyl (C=O) groups excluding carboxylic acids is 1. The lowest BCUT2D eigenvalue weighted by atomic mass is 10.0. The minimum atomic E-state index is -0.885. The van der Waals surface area contributed by atoms with E-state index in [1.807, 2.05) is 6.92 Å². The quantitative estimate of drug-likeness (QED) is 0.735. The van der Waals surface area contributed by atoms with Gasteiger partial charge in [0.2, 0.25) is 5.91 Å². The molecule has 0 aliphatic rings. The van der Waals surface area contributed by atoms with Crippen LogP contribution in [0, 0.1) is 5.92 Å². The van der Waals surface area contributed by atoms with Gasteiger partial charge < -0.3 is 15.2 Å². The second-order valence-corrected chi connectivity index (χ2v) is 5.06. The molecule has 1 atom stereocenters. The van der Waals surface area contributed by atoms with Gasteiger partial charge in [-0.05, 0) is 18.6 Å². The molecule has 1 rings (SSSR count). The first kappa shape index (κ1) is 17.3. The fourth-order valence-electron chi connectivity index (χ4n) is 1.80. The van der Waals surface area contributed by atoms with E-state index in [-0.39, 0.29) is 25.5 Å². The number of amides is 1. The van der Waals surface area contributed by atoms with Crippen molar-refractivity contribution < 1.29 is 19.4 Å². The highest BCUT2D eigenvalue weighted by atomic mass is 35.5. The molecular formula is C15H20ClNO4. The molecule has 0 aromatic heterocycles. The van der Waals surface area contributed by atoms with E-state index in [9.17, 15) is 9.59 Å². The van der Waals surface area contributed by atoms with Crippen molar-refractivity contribution in [3.8, 4) is 5.75 Å². The van der Waals surface area contributed by atoms with Crippen LogP contribution in [0.4, 0.5) is 0 Å². The molecule has 2 N–H and O–H groups in total. The molecule has 1 unspecified atom stereocenters. The predicted octanol–water partition coefficient (Wildman–Crippen LogP) is 2.73. The highest BCUT2D eigenvalue weighted by Crippen LogP contribution is 2.22. The average molecular weight is 314 g/mol. The third kappa shape index (κ3) is 6.49. The molecule has 0 heterocycles. The topological polar surface area (TPSA) is 75.6 Å². The number of hydrogen-bond acceptors (Lipinski definition) is 3. The maximum absolute atomic E-state index is 11.6. The van der Waals surface area contributed by atoms with Crippen LogP contribution in [-0.4, -0.2) is 30.1 Å². The van der Waals surface area contributed by atoms with Gasteiger partial charge in [0.05, 0.1) is 24.0 Å². The molecule has 1 aromatic carbocycles. The number of carboxylic acids is 1. The summed E-state index contributed by atoms with van der Waals surface area (Å²) in [5.41, 5.74) is 0. The summed E-state index contributed by atoms with van der Waals surface area (Å²) >= 11 is 5.92. The van der Waals surface area contributed by atoms with Crippen LogP contribution in [0.25, 0.3) is 0 Å². The molecule has 0 aliphatic carbocycles. The molecule has 0 spiro atoms. The number of halogens is 1. The van der Waals surface area contributed by atoms with Crippen molar-refractivity contribution in [2.45, 2.75) is 26.2 Å². The summed E-state index contributed by atoms with van der Waals surface area (Å²) in [5.74, 6) is -1.13. The Morgan fingerprint density at radius 1 is 1.38 bits per heavy atom. The monoisotopic (exact) mass is 313 g/mol. The van der Waals surface area contributed by atoms with Gasteiger partial charge in [-0.1, -0.05) is 37.1 Å². The van der Waals surface area contributed by atoms with Crippen molar-refractivity contribution in [3.63, 3.8) is 0 Å². The van der Waals surface area contributed by atoms with E-state index < -0.39 is 11.9 Å². The number of para-hydroxylation sites is 1. The smallest absolute Gasteiger partial charge is 0.308 e. The zero-order chi connectivity index (χ0) is 15.7. The summed E-state index contributed by atoms with van der Waals surface area (Å²) in [7, 11) is 0. The number of rotatable bonds is 9. The van der Waals surface area contributed by atoms with Gasteiger partial charge in [0.25, 0.3) is 0 Å². The molecule has 0 bridgehead atoms. The standard InChI is InChI=1S/C15H20ClNO4/c1-2-5-11(15(19)20)10-17-14(18)8-9-21-13-7-4-3-6-12(13)16/h3-4,6-7,11H,2,5,8-10H2,1H3,(H,17,18)(H,19,20). The molecule has 0 saturated heterocycles. The largest absolute Gasteiger partial charge is 0.491 e. The zero-order valence-corrected chi connectivity index (χ0v) is 12.7. The molecule has 0 saturated carbocycles. The van der Waals surface area contributed by atoms with Gasteiger partial charge in [0.15, 0.2) is 0 Å². The first-order valence-electron chi connectivity index (χ1n) is 6.91. The van der Waals surface area contributed by atoms with Crippen LogP contribution in [0.15, 0.2) is 24.3 Å². The fourth-order valence-corrected chi connectivity index (χ4v) is 1.99. The Morgan fingerprint density at radius 2 is 2.10 bits per heavy atom. The Bertz CT molecular complexity index is 478. The van der Waals surface area contributed by atoms with Crippen molar-refractivity contribution in [2.75, 3.05) is 13.2 Å². The molecule has 5 nitrogen and oxygen atoms in total. The van der Waals surface area contributed by atoms with Crippen LogP contribution in [0.2, 0.25) is 5.02 Å². The van der Waals surface area contributed by atoms with Crippen LogP contribution >= 0.6 is 11.6 Å². The number of nitrogens with one attached hydrogen (secondary N) is 1. The van der Waals surface area contributed by atoms with Crippen molar-refractivity contribution in [3.05, 3.63) is 29.3 Å². The normalized spacial score (nSPS) is 11.7. The molecule has 0 fully saturated rings. The Labute approximate surface area is 129 Å². The third-order valence-corrected chi connectivity index (χ3v) is 3.27. The van der Waals surface area contributed by atoms with E-state index in [1.165, 1.54) is 0 Å². The SMILES string of the molecule is CCCC(CNC(=O)CCOc1ccccc1Cl)C(=O)O. The van der Waals surface area contributed by atoms with Gasteiger partial charge in [0.1, 0.15) is 5.75 Å². The van der Waals surface area contributed by atoms with E-state index >= 15 is 0 Å². The molecular weight excluding hydrogens is 294 g/mol.